The lowest BCUT2D eigenvalue weighted by molar-refractivity contribution is -0.130. The molecule has 7 nitrogen and oxygen atoms in total. The van der Waals surface area contributed by atoms with E-state index in [0.717, 1.165) is 0 Å². The van der Waals surface area contributed by atoms with Crippen LogP contribution in [0.15, 0.2) is 17.2 Å². The second-order valence-electron chi connectivity index (χ2n) is 5.69. The molecule has 0 spiro atoms. The second kappa shape index (κ2) is 5.36. The molecule has 0 aromatic carbocycles. The van der Waals surface area contributed by atoms with E-state index in [0.29, 0.717) is 25.9 Å². The van der Waals surface area contributed by atoms with Crippen LogP contribution < -0.4 is 5.73 Å². The van der Waals surface area contributed by atoms with Gasteiger partial charge in [0.2, 0.25) is 15.9 Å². The van der Waals surface area contributed by atoms with Crippen LogP contribution in [0, 0.1) is 5.92 Å². The molecule has 2 atom stereocenters. The third kappa shape index (κ3) is 2.35. The van der Waals surface area contributed by atoms with E-state index < -0.39 is 10.0 Å². The van der Waals surface area contributed by atoms with Crippen LogP contribution in [-0.4, -0.2) is 54.7 Å². The van der Waals surface area contributed by atoms with Gasteiger partial charge in [-0.15, -0.1) is 0 Å². The fraction of sp³-hybridized carbons (Fsp3) is 0.538. The number of nitrogen functional groups attached to an aromatic ring is 1. The number of amides is 1. The monoisotopic (exact) mass is 344 g/mol. The number of likely N-dealkylation sites (tertiary alicyclic amines) is 1. The molecular formula is C13H17ClN4O3S. The van der Waals surface area contributed by atoms with E-state index in [2.05, 4.69) is 4.98 Å². The average molecular weight is 345 g/mol. The Morgan fingerprint density at radius 1 is 1.45 bits per heavy atom. The normalized spacial score (nSPS) is 26.3. The Morgan fingerprint density at radius 3 is 2.91 bits per heavy atom. The number of fused-ring (bicyclic) bond motifs is 1. The molecule has 22 heavy (non-hydrogen) atoms. The number of pyridine rings is 1. The molecule has 0 bridgehead atoms. The van der Waals surface area contributed by atoms with Crippen molar-refractivity contribution in [3.8, 4) is 0 Å². The number of anilines is 1. The van der Waals surface area contributed by atoms with Gasteiger partial charge in [-0.05, 0) is 18.9 Å². The lowest BCUT2D eigenvalue weighted by Gasteiger charge is -2.34. The maximum atomic E-state index is 12.9. The first-order valence-electron chi connectivity index (χ1n) is 7.00. The van der Waals surface area contributed by atoms with Crippen LogP contribution in [0.5, 0.6) is 0 Å². The van der Waals surface area contributed by atoms with E-state index in [9.17, 15) is 13.2 Å². The molecule has 3 rings (SSSR count). The molecule has 2 fully saturated rings. The summed E-state index contributed by atoms with van der Waals surface area (Å²) in [6.45, 7) is 0.771. The standard InChI is InChI=1S/C13H17ClN4O3S/c1-17-7-10-9(13(17)19)3-2-4-18(10)22(20,21)11-5-8(14)6-16-12(11)15/h5-6,9-10H,2-4,7H2,1H3,(H2,15,16)/t9-,10-/m1/s1. The number of piperidine rings is 1. The summed E-state index contributed by atoms with van der Waals surface area (Å²) in [4.78, 5) is 17.4. The van der Waals surface area contributed by atoms with Gasteiger partial charge in [0.15, 0.2) is 0 Å². The lowest BCUT2D eigenvalue weighted by Crippen LogP contribution is -2.48. The first-order valence-corrected chi connectivity index (χ1v) is 8.82. The maximum absolute atomic E-state index is 12.9. The zero-order valence-corrected chi connectivity index (χ0v) is 13.6. The SMILES string of the molecule is CN1C[C@@H]2[C@@H](CCCN2S(=O)(=O)c2cc(Cl)cnc2N)C1=O. The van der Waals surface area contributed by atoms with Gasteiger partial charge in [0, 0.05) is 26.3 Å². The molecule has 2 saturated heterocycles. The van der Waals surface area contributed by atoms with Gasteiger partial charge in [-0.2, -0.15) is 4.31 Å². The van der Waals surface area contributed by atoms with Crippen molar-refractivity contribution in [2.24, 2.45) is 5.92 Å². The minimum atomic E-state index is -3.83. The molecule has 1 aromatic rings. The van der Waals surface area contributed by atoms with Gasteiger partial charge in [-0.25, -0.2) is 13.4 Å². The Kier molecular flexibility index (Phi) is 3.78. The number of carbonyl (C=O) groups excluding carboxylic acids is 1. The molecule has 0 saturated carbocycles. The number of carbonyl (C=O) groups is 1. The highest BCUT2D eigenvalue weighted by molar-refractivity contribution is 7.89. The molecule has 9 heteroatoms. The number of halogens is 1. The van der Waals surface area contributed by atoms with Gasteiger partial charge in [-0.1, -0.05) is 11.6 Å². The molecule has 2 aliphatic rings. The van der Waals surface area contributed by atoms with Gasteiger partial charge in [0.1, 0.15) is 10.7 Å². The van der Waals surface area contributed by atoms with Gasteiger partial charge >= 0.3 is 0 Å². The van der Waals surface area contributed by atoms with Crippen molar-refractivity contribution < 1.29 is 13.2 Å². The van der Waals surface area contributed by atoms with E-state index in [1.165, 1.54) is 16.6 Å². The summed E-state index contributed by atoms with van der Waals surface area (Å²) in [5, 5.41) is 0.209. The molecule has 0 aliphatic carbocycles. The smallest absolute Gasteiger partial charge is 0.247 e. The van der Waals surface area contributed by atoms with E-state index in [1.807, 2.05) is 0 Å². The number of nitrogens with two attached hydrogens (primary N) is 1. The van der Waals surface area contributed by atoms with Gasteiger partial charge < -0.3 is 10.6 Å². The molecular weight excluding hydrogens is 328 g/mol. The number of hydrogen-bond donors (Lipinski definition) is 1. The van der Waals surface area contributed by atoms with Crippen molar-refractivity contribution in [3.63, 3.8) is 0 Å². The van der Waals surface area contributed by atoms with Gasteiger partial charge in [0.25, 0.3) is 0 Å². The molecule has 2 aliphatic heterocycles. The van der Waals surface area contributed by atoms with Crippen LogP contribution in [-0.2, 0) is 14.8 Å². The van der Waals surface area contributed by atoms with Crippen molar-refractivity contribution >= 4 is 33.3 Å². The Bertz CT molecular complexity index is 724. The molecule has 0 radical (unpaired) electrons. The first kappa shape index (κ1) is 15.5. The summed E-state index contributed by atoms with van der Waals surface area (Å²) in [5.74, 6) is -0.354. The van der Waals surface area contributed by atoms with E-state index in [-0.39, 0.29) is 33.6 Å². The zero-order valence-electron chi connectivity index (χ0n) is 12.1. The molecule has 1 aromatic heterocycles. The Morgan fingerprint density at radius 2 is 2.18 bits per heavy atom. The van der Waals surface area contributed by atoms with Crippen LogP contribution in [0.4, 0.5) is 5.82 Å². The Labute approximate surface area is 134 Å². The van der Waals surface area contributed by atoms with Crippen LogP contribution in [0.1, 0.15) is 12.8 Å². The van der Waals surface area contributed by atoms with E-state index in [1.54, 1.807) is 11.9 Å². The van der Waals surface area contributed by atoms with Crippen molar-refractivity contribution in [2.45, 2.75) is 23.8 Å². The molecule has 3 heterocycles. The Hall–Kier alpha value is -1.38. The minimum Gasteiger partial charge on any atom is -0.383 e. The quantitative estimate of drug-likeness (QED) is 0.845. The summed E-state index contributed by atoms with van der Waals surface area (Å²) >= 11 is 5.86. The van der Waals surface area contributed by atoms with Crippen molar-refractivity contribution in [1.82, 2.24) is 14.2 Å². The van der Waals surface area contributed by atoms with Crippen LogP contribution in [0.2, 0.25) is 5.02 Å². The molecule has 0 unspecified atom stereocenters. The summed E-state index contributed by atoms with van der Waals surface area (Å²) in [6, 6.07) is 0.957. The van der Waals surface area contributed by atoms with Crippen molar-refractivity contribution in [1.29, 1.82) is 0 Å². The highest BCUT2D eigenvalue weighted by Crippen LogP contribution is 2.35. The van der Waals surface area contributed by atoms with Gasteiger partial charge in [0.05, 0.1) is 17.0 Å². The lowest BCUT2D eigenvalue weighted by atomic mass is 9.93. The number of hydrogen-bond acceptors (Lipinski definition) is 5. The minimum absolute atomic E-state index is 0.00194. The second-order valence-corrected chi connectivity index (χ2v) is 7.98. The highest BCUT2D eigenvalue weighted by Gasteiger charge is 2.48. The largest absolute Gasteiger partial charge is 0.383 e. The van der Waals surface area contributed by atoms with Crippen LogP contribution in [0.25, 0.3) is 0 Å². The summed E-state index contributed by atoms with van der Waals surface area (Å²) in [5.41, 5.74) is 5.72. The maximum Gasteiger partial charge on any atom is 0.247 e. The number of likely N-dealkylation sites (N-methyl/N-ethyl adjacent to an activating group) is 1. The van der Waals surface area contributed by atoms with Crippen molar-refractivity contribution in [2.75, 3.05) is 25.9 Å². The number of sulfonamides is 1. The predicted octanol–water partition coefficient (Wildman–Crippen LogP) is 0.559. The molecule has 1 amide bonds. The fourth-order valence-corrected chi connectivity index (χ4v) is 5.26. The summed E-state index contributed by atoms with van der Waals surface area (Å²) in [7, 11) is -2.14. The number of rotatable bonds is 2. The number of aromatic nitrogens is 1. The third-order valence-electron chi connectivity index (χ3n) is 4.32. The molecule has 2 N–H and O–H groups in total. The molecule has 120 valence electrons. The average Bonchev–Trinajstić information content (AvgIpc) is 2.76. The van der Waals surface area contributed by atoms with Crippen molar-refractivity contribution in [3.05, 3.63) is 17.3 Å². The predicted molar refractivity (Wildman–Crippen MR) is 81.7 cm³/mol. The highest BCUT2D eigenvalue weighted by atomic mass is 35.5. The Balaban J connectivity index is 2.02. The van der Waals surface area contributed by atoms with E-state index >= 15 is 0 Å². The van der Waals surface area contributed by atoms with Crippen LogP contribution in [0.3, 0.4) is 0 Å². The van der Waals surface area contributed by atoms with Crippen LogP contribution >= 0.6 is 11.6 Å². The summed E-state index contributed by atoms with van der Waals surface area (Å²) < 4.78 is 27.2. The zero-order chi connectivity index (χ0) is 16.1. The third-order valence-corrected chi connectivity index (χ3v) is 6.48. The topological polar surface area (TPSA) is 96.6 Å². The van der Waals surface area contributed by atoms with Gasteiger partial charge in [-0.3, -0.25) is 4.79 Å². The first-order chi connectivity index (χ1) is 10.3. The summed E-state index contributed by atoms with van der Waals surface area (Å²) in [6.07, 6.45) is 2.67. The fourth-order valence-electron chi connectivity index (χ4n) is 3.25. The van der Waals surface area contributed by atoms with E-state index in [4.69, 9.17) is 17.3 Å². The number of nitrogens with zero attached hydrogens (tertiary/aromatic N) is 3.